The molecule has 0 amide bonds. The fourth-order valence-electron chi connectivity index (χ4n) is 1.45. The Hall–Kier alpha value is -0.650. The van der Waals surface area contributed by atoms with E-state index in [1.165, 1.54) is 0 Å². The molecule has 5 heteroatoms. The molecule has 0 radical (unpaired) electrons. The van der Waals surface area contributed by atoms with Crippen LogP contribution >= 0.6 is 0 Å². The molecule has 0 fully saturated rings. The van der Waals surface area contributed by atoms with Crippen LogP contribution in [0.3, 0.4) is 0 Å². The number of nitrogens with zero attached hydrogens (tertiary/aromatic N) is 1. The van der Waals surface area contributed by atoms with Gasteiger partial charge in [-0.1, -0.05) is 6.92 Å². The number of carboxylic acid groups (broad SMARTS) is 1. The van der Waals surface area contributed by atoms with Crippen molar-refractivity contribution in [2.75, 3.05) is 40.4 Å². The summed E-state index contributed by atoms with van der Waals surface area (Å²) < 4.78 is 4.98. The number of hydrogen-bond donors (Lipinski definition) is 2. The first-order chi connectivity index (χ1) is 7.96. The summed E-state index contributed by atoms with van der Waals surface area (Å²) in [7, 11) is 3.64. The molecule has 2 N–H and O–H groups in total. The summed E-state index contributed by atoms with van der Waals surface area (Å²) in [6.45, 7) is 6.73. The van der Waals surface area contributed by atoms with Crippen LogP contribution in [0.15, 0.2) is 0 Å². The summed E-state index contributed by atoms with van der Waals surface area (Å²) in [6.07, 6.45) is 1.52. The van der Waals surface area contributed by atoms with Crippen LogP contribution in [0, 0.1) is 0 Å². The van der Waals surface area contributed by atoms with Crippen LogP contribution in [0.4, 0.5) is 0 Å². The van der Waals surface area contributed by atoms with Gasteiger partial charge in [0.15, 0.2) is 0 Å². The van der Waals surface area contributed by atoms with E-state index in [9.17, 15) is 9.90 Å². The molecule has 0 spiro atoms. The molecule has 5 nitrogen and oxygen atoms in total. The van der Waals surface area contributed by atoms with Crippen molar-refractivity contribution in [3.05, 3.63) is 0 Å². The molecule has 0 aromatic rings. The summed E-state index contributed by atoms with van der Waals surface area (Å²) >= 11 is 0. The average Bonchev–Trinajstić information content (AvgIpc) is 2.30. The molecule has 1 atom stereocenters. The zero-order valence-electron chi connectivity index (χ0n) is 11.5. The highest BCUT2D eigenvalue weighted by molar-refractivity contribution is 5.78. The van der Waals surface area contributed by atoms with Crippen LogP contribution in [0.5, 0.6) is 0 Å². The van der Waals surface area contributed by atoms with Gasteiger partial charge in [0.1, 0.15) is 5.54 Å². The first-order valence-electron chi connectivity index (χ1n) is 6.12. The molecular formula is C12H26N2O3. The van der Waals surface area contributed by atoms with E-state index in [1.807, 2.05) is 14.0 Å². The summed E-state index contributed by atoms with van der Waals surface area (Å²) in [5.74, 6) is -0.786. The third-order valence-electron chi connectivity index (χ3n) is 2.91. The van der Waals surface area contributed by atoms with Gasteiger partial charge < -0.3 is 20.1 Å². The predicted octanol–water partition coefficient (Wildman–Crippen LogP) is 0.798. The number of carbonyl (C=O) groups is 1. The molecule has 0 aliphatic rings. The van der Waals surface area contributed by atoms with Crippen molar-refractivity contribution in [2.24, 2.45) is 0 Å². The molecule has 1 unspecified atom stereocenters. The zero-order chi connectivity index (χ0) is 13.3. The standard InChI is InChI=1S/C12H26N2O3/c1-5-7-13-12(2,11(15)16)6-8-14(3)9-10-17-4/h13H,5-10H2,1-4H3,(H,15,16). The smallest absolute Gasteiger partial charge is 0.323 e. The highest BCUT2D eigenvalue weighted by Crippen LogP contribution is 2.10. The maximum Gasteiger partial charge on any atom is 0.323 e. The largest absolute Gasteiger partial charge is 0.480 e. The lowest BCUT2D eigenvalue weighted by Crippen LogP contribution is -2.51. The van der Waals surface area contributed by atoms with E-state index < -0.39 is 11.5 Å². The second kappa shape index (κ2) is 8.44. The van der Waals surface area contributed by atoms with Crippen molar-refractivity contribution in [3.63, 3.8) is 0 Å². The van der Waals surface area contributed by atoms with Gasteiger partial charge in [-0.25, -0.2) is 0 Å². The Balaban J connectivity index is 4.12. The minimum absolute atomic E-state index is 0.586. The summed E-state index contributed by atoms with van der Waals surface area (Å²) in [4.78, 5) is 13.3. The first-order valence-corrected chi connectivity index (χ1v) is 6.12. The van der Waals surface area contributed by atoms with Gasteiger partial charge in [-0.2, -0.15) is 0 Å². The molecular weight excluding hydrogens is 220 g/mol. The van der Waals surface area contributed by atoms with Crippen LogP contribution in [-0.2, 0) is 9.53 Å². The van der Waals surface area contributed by atoms with Crippen molar-refractivity contribution in [2.45, 2.75) is 32.2 Å². The van der Waals surface area contributed by atoms with Crippen LogP contribution in [0.1, 0.15) is 26.7 Å². The highest BCUT2D eigenvalue weighted by atomic mass is 16.5. The van der Waals surface area contributed by atoms with E-state index in [2.05, 4.69) is 10.2 Å². The average molecular weight is 246 g/mol. The zero-order valence-corrected chi connectivity index (χ0v) is 11.5. The molecule has 0 rings (SSSR count). The lowest BCUT2D eigenvalue weighted by molar-refractivity contribution is -0.144. The van der Waals surface area contributed by atoms with E-state index >= 15 is 0 Å². The van der Waals surface area contributed by atoms with Crippen molar-refractivity contribution < 1.29 is 14.6 Å². The van der Waals surface area contributed by atoms with Gasteiger partial charge in [0.05, 0.1) is 6.61 Å². The van der Waals surface area contributed by atoms with Gasteiger partial charge in [0.2, 0.25) is 0 Å². The third kappa shape index (κ3) is 6.61. The van der Waals surface area contributed by atoms with E-state index in [4.69, 9.17) is 4.74 Å². The fraction of sp³-hybridized carbons (Fsp3) is 0.917. The quantitative estimate of drug-likeness (QED) is 0.597. The van der Waals surface area contributed by atoms with Gasteiger partial charge in [-0.05, 0) is 33.4 Å². The third-order valence-corrected chi connectivity index (χ3v) is 2.91. The molecule has 17 heavy (non-hydrogen) atoms. The Bertz CT molecular complexity index is 224. The van der Waals surface area contributed by atoms with Crippen LogP contribution in [0.25, 0.3) is 0 Å². The number of ether oxygens (including phenoxy) is 1. The van der Waals surface area contributed by atoms with Crippen molar-refractivity contribution in [1.82, 2.24) is 10.2 Å². The molecule has 0 bridgehead atoms. The van der Waals surface area contributed by atoms with E-state index in [0.717, 1.165) is 26.1 Å². The second-order valence-corrected chi connectivity index (χ2v) is 4.61. The summed E-state index contributed by atoms with van der Waals surface area (Å²) in [5.41, 5.74) is -0.836. The lowest BCUT2D eigenvalue weighted by Gasteiger charge is -2.28. The number of aliphatic carboxylic acids is 1. The van der Waals surface area contributed by atoms with E-state index in [-0.39, 0.29) is 0 Å². The molecule has 0 heterocycles. The Morgan fingerprint density at radius 3 is 2.59 bits per heavy atom. The predicted molar refractivity (Wildman–Crippen MR) is 68.3 cm³/mol. The number of nitrogens with one attached hydrogen (secondary N) is 1. The van der Waals surface area contributed by atoms with E-state index in [1.54, 1.807) is 14.0 Å². The maximum atomic E-state index is 11.2. The van der Waals surface area contributed by atoms with Gasteiger partial charge in [0.25, 0.3) is 0 Å². The minimum Gasteiger partial charge on any atom is -0.480 e. The van der Waals surface area contributed by atoms with Crippen LogP contribution < -0.4 is 5.32 Å². The number of hydrogen-bond acceptors (Lipinski definition) is 4. The highest BCUT2D eigenvalue weighted by Gasteiger charge is 2.31. The van der Waals surface area contributed by atoms with Gasteiger partial charge in [-0.15, -0.1) is 0 Å². The summed E-state index contributed by atoms with van der Waals surface area (Å²) in [6, 6.07) is 0. The summed E-state index contributed by atoms with van der Waals surface area (Å²) in [5, 5.41) is 12.3. The molecule has 0 aliphatic carbocycles. The Morgan fingerprint density at radius 1 is 1.47 bits per heavy atom. The fourth-order valence-corrected chi connectivity index (χ4v) is 1.45. The number of likely N-dealkylation sites (N-methyl/N-ethyl adjacent to an activating group) is 1. The SMILES string of the molecule is CCCNC(C)(CCN(C)CCOC)C(=O)O. The first kappa shape index (κ1) is 16.4. The van der Waals surface area contributed by atoms with Crippen molar-refractivity contribution in [1.29, 1.82) is 0 Å². The number of methoxy groups -OCH3 is 1. The van der Waals surface area contributed by atoms with Crippen molar-refractivity contribution >= 4 is 5.97 Å². The monoisotopic (exact) mass is 246 g/mol. The van der Waals surface area contributed by atoms with E-state index in [0.29, 0.717) is 13.0 Å². The molecule has 0 aromatic carbocycles. The van der Waals surface area contributed by atoms with Gasteiger partial charge in [-0.3, -0.25) is 4.79 Å². The van der Waals surface area contributed by atoms with Crippen LogP contribution in [0.2, 0.25) is 0 Å². The second-order valence-electron chi connectivity index (χ2n) is 4.61. The molecule has 0 saturated carbocycles. The molecule has 0 aromatic heterocycles. The number of carboxylic acids is 1. The Morgan fingerprint density at radius 2 is 2.12 bits per heavy atom. The minimum atomic E-state index is -0.836. The maximum absolute atomic E-state index is 11.2. The normalized spacial score (nSPS) is 14.9. The topological polar surface area (TPSA) is 61.8 Å². The van der Waals surface area contributed by atoms with Crippen molar-refractivity contribution in [3.8, 4) is 0 Å². The molecule has 0 saturated heterocycles. The van der Waals surface area contributed by atoms with Crippen LogP contribution in [-0.4, -0.2) is 61.9 Å². The lowest BCUT2D eigenvalue weighted by atomic mass is 9.97. The Labute approximate surface area is 104 Å². The molecule has 102 valence electrons. The van der Waals surface area contributed by atoms with Gasteiger partial charge in [0, 0.05) is 20.2 Å². The molecule has 0 aliphatic heterocycles. The Kier molecular flexibility index (Phi) is 8.12. The number of rotatable bonds is 10. The van der Waals surface area contributed by atoms with Gasteiger partial charge >= 0.3 is 5.97 Å².